The van der Waals surface area contributed by atoms with Crippen molar-refractivity contribution >= 4 is 23.5 Å². The van der Waals surface area contributed by atoms with Gasteiger partial charge in [-0.2, -0.15) is 0 Å². The monoisotopic (exact) mass is 413 g/mol. The number of carbonyl (C=O) groups excluding carboxylic acids is 1. The average Bonchev–Trinajstić information content (AvgIpc) is 2.69. The Kier molecular flexibility index (Phi) is 11.3. The Morgan fingerprint density at radius 1 is 1.07 bits per heavy atom. The van der Waals surface area contributed by atoms with E-state index < -0.39 is 11.9 Å². The molecular formula is C19H28FN3O6. The van der Waals surface area contributed by atoms with E-state index in [9.17, 15) is 9.18 Å². The first-order valence-electron chi connectivity index (χ1n) is 9.37. The molecule has 1 fully saturated rings. The van der Waals surface area contributed by atoms with Gasteiger partial charge in [0.2, 0.25) is 5.91 Å². The molecule has 3 N–H and O–H groups in total. The molecule has 1 saturated heterocycles. The number of carbonyl (C=O) groups is 3. The lowest BCUT2D eigenvalue weighted by atomic mass is 10.2. The highest BCUT2D eigenvalue weighted by molar-refractivity contribution is 6.27. The molecule has 10 heteroatoms. The number of piperazine rings is 1. The number of anilines is 1. The lowest BCUT2D eigenvalue weighted by molar-refractivity contribution is -0.159. The average molecular weight is 413 g/mol. The molecule has 0 bridgehead atoms. The van der Waals surface area contributed by atoms with Gasteiger partial charge in [-0.25, -0.2) is 14.0 Å². The summed E-state index contributed by atoms with van der Waals surface area (Å²) < 4.78 is 18.2. The van der Waals surface area contributed by atoms with E-state index in [0.29, 0.717) is 26.3 Å². The van der Waals surface area contributed by atoms with Crippen LogP contribution in [0.4, 0.5) is 10.1 Å². The highest BCUT2D eigenvalue weighted by Gasteiger charge is 2.19. The molecule has 0 aliphatic carbocycles. The van der Waals surface area contributed by atoms with Crippen LogP contribution in [0.25, 0.3) is 0 Å². The normalized spacial score (nSPS) is 13.9. The summed E-state index contributed by atoms with van der Waals surface area (Å²) in [4.78, 5) is 34.5. The molecule has 0 atom stereocenters. The molecule has 0 unspecified atom stereocenters. The molecule has 0 radical (unpaired) electrons. The minimum atomic E-state index is -1.82. The van der Waals surface area contributed by atoms with Crippen molar-refractivity contribution in [2.24, 2.45) is 0 Å². The van der Waals surface area contributed by atoms with E-state index in [2.05, 4.69) is 15.1 Å². The minimum absolute atomic E-state index is 0.0664. The fourth-order valence-corrected chi connectivity index (χ4v) is 2.62. The topological polar surface area (TPSA) is 119 Å². The van der Waals surface area contributed by atoms with Gasteiger partial charge in [0, 0.05) is 51.6 Å². The Hall–Kier alpha value is -2.72. The first kappa shape index (κ1) is 24.3. The van der Waals surface area contributed by atoms with Crippen LogP contribution in [0, 0.1) is 5.82 Å². The van der Waals surface area contributed by atoms with Crippen molar-refractivity contribution in [3.8, 4) is 0 Å². The molecule has 0 aromatic heterocycles. The predicted octanol–water partition coefficient (Wildman–Crippen LogP) is 0.646. The van der Waals surface area contributed by atoms with Gasteiger partial charge in [0.05, 0.1) is 6.54 Å². The van der Waals surface area contributed by atoms with E-state index in [0.717, 1.165) is 38.3 Å². The van der Waals surface area contributed by atoms with E-state index in [1.54, 1.807) is 12.1 Å². The van der Waals surface area contributed by atoms with E-state index in [4.69, 9.17) is 24.5 Å². The van der Waals surface area contributed by atoms with Crippen LogP contribution in [-0.2, 0) is 19.1 Å². The van der Waals surface area contributed by atoms with Crippen molar-refractivity contribution < 1.29 is 33.7 Å². The molecule has 0 spiro atoms. The Bertz CT molecular complexity index is 636. The zero-order valence-electron chi connectivity index (χ0n) is 16.5. The number of benzene rings is 1. The summed E-state index contributed by atoms with van der Waals surface area (Å²) in [6.45, 7) is 7.84. The Morgan fingerprint density at radius 3 is 2.17 bits per heavy atom. The van der Waals surface area contributed by atoms with Crippen molar-refractivity contribution in [3.63, 3.8) is 0 Å². The molecule has 1 amide bonds. The third-order valence-electron chi connectivity index (χ3n) is 4.11. The fraction of sp³-hybridized carbons (Fsp3) is 0.526. The summed E-state index contributed by atoms with van der Waals surface area (Å²) in [7, 11) is 0. The smallest absolute Gasteiger partial charge is 0.414 e. The second-order valence-electron chi connectivity index (χ2n) is 6.25. The van der Waals surface area contributed by atoms with Gasteiger partial charge in [-0.15, -0.1) is 0 Å². The maximum absolute atomic E-state index is 13.0. The second-order valence-corrected chi connectivity index (χ2v) is 6.25. The molecule has 0 saturated carbocycles. The predicted molar refractivity (Wildman–Crippen MR) is 104 cm³/mol. The zero-order chi connectivity index (χ0) is 21.6. The van der Waals surface area contributed by atoms with E-state index in [1.807, 2.05) is 6.92 Å². The van der Waals surface area contributed by atoms with Gasteiger partial charge in [0.15, 0.2) is 0 Å². The highest BCUT2D eigenvalue weighted by Crippen LogP contribution is 2.16. The molecule has 2 rings (SSSR count). The summed E-state index contributed by atoms with van der Waals surface area (Å²) in [5.41, 5.74) is 1.03. The maximum atomic E-state index is 13.0. The van der Waals surface area contributed by atoms with E-state index >= 15 is 0 Å². The van der Waals surface area contributed by atoms with Crippen molar-refractivity contribution in [2.75, 3.05) is 57.4 Å². The van der Waals surface area contributed by atoms with Crippen molar-refractivity contribution in [1.82, 2.24) is 10.2 Å². The van der Waals surface area contributed by atoms with Gasteiger partial charge < -0.3 is 25.2 Å². The van der Waals surface area contributed by atoms with Crippen LogP contribution < -0.4 is 10.2 Å². The Labute approximate surface area is 169 Å². The van der Waals surface area contributed by atoms with Gasteiger partial charge in [-0.05, 0) is 37.6 Å². The molecule has 1 heterocycles. The molecule has 1 aromatic carbocycles. The quantitative estimate of drug-likeness (QED) is 0.420. The first-order valence-corrected chi connectivity index (χ1v) is 9.37. The Morgan fingerprint density at radius 2 is 1.66 bits per heavy atom. The number of hydrogen-bond donors (Lipinski definition) is 3. The molecule has 1 aromatic rings. The SMILES string of the molecule is CCOCCCNC(=O)CN1CCN(c2ccc(F)cc2)CC1.O=C(O)C(=O)O. The van der Waals surface area contributed by atoms with Gasteiger partial charge in [0.1, 0.15) is 5.82 Å². The largest absolute Gasteiger partial charge is 0.473 e. The summed E-state index contributed by atoms with van der Waals surface area (Å²) in [6, 6.07) is 6.57. The standard InChI is InChI=1S/C17H26FN3O2.C2H2O4/c1-2-23-13-3-8-19-17(22)14-20-9-11-21(12-10-20)16-6-4-15(18)5-7-16;3-1(4)2(5)6/h4-7H,2-3,8-14H2,1H3,(H,19,22);(H,3,4)(H,5,6). The lowest BCUT2D eigenvalue weighted by Gasteiger charge is -2.35. The summed E-state index contributed by atoms with van der Waals surface area (Å²) >= 11 is 0. The van der Waals surface area contributed by atoms with Crippen LogP contribution in [0.3, 0.4) is 0 Å². The van der Waals surface area contributed by atoms with E-state index in [1.165, 1.54) is 12.1 Å². The zero-order valence-corrected chi connectivity index (χ0v) is 16.5. The third-order valence-corrected chi connectivity index (χ3v) is 4.11. The number of nitrogens with one attached hydrogen (secondary N) is 1. The number of carboxylic acid groups (broad SMARTS) is 2. The van der Waals surface area contributed by atoms with Crippen molar-refractivity contribution in [1.29, 1.82) is 0 Å². The van der Waals surface area contributed by atoms with Crippen LogP contribution in [-0.4, -0.2) is 85.4 Å². The lowest BCUT2D eigenvalue weighted by Crippen LogP contribution is -2.49. The van der Waals surface area contributed by atoms with E-state index in [-0.39, 0.29) is 11.7 Å². The summed E-state index contributed by atoms with van der Waals surface area (Å²) in [5.74, 6) is -3.80. The second kappa shape index (κ2) is 13.5. The number of halogens is 1. The van der Waals surface area contributed by atoms with Gasteiger partial charge in [0.25, 0.3) is 0 Å². The van der Waals surface area contributed by atoms with Crippen molar-refractivity contribution in [2.45, 2.75) is 13.3 Å². The summed E-state index contributed by atoms with van der Waals surface area (Å²) in [6.07, 6.45) is 0.845. The summed E-state index contributed by atoms with van der Waals surface area (Å²) in [5, 5.41) is 17.7. The first-order chi connectivity index (χ1) is 13.8. The highest BCUT2D eigenvalue weighted by atomic mass is 19.1. The number of nitrogens with zero attached hydrogens (tertiary/aromatic N) is 2. The van der Waals surface area contributed by atoms with Crippen molar-refractivity contribution in [3.05, 3.63) is 30.1 Å². The number of hydrogen-bond acceptors (Lipinski definition) is 6. The molecule has 9 nitrogen and oxygen atoms in total. The maximum Gasteiger partial charge on any atom is 0.414 e. The van der Waals surface area contributed by atoms with Gasteiger partial charge >= 0.3 is 11.9 Å². The Balaban J connectivity index is 0.000000612. The molecule has 1 aliphatic heterocycles. The molecule has 162 valence electrons. The van der Waals surface area contributed by atoms with Gasteiger partial charge in [-0.1, -0.05) is 0 Å². The van der Waals surface area contributed by atoms with Crippen LogP contribution in [0.15, 0.2) is 24.3 Å². The molecular weight excluding hydrogens is 385 g/mol. The number of aliphatic carboxylic acids is 2. The number of rotatable bonds is 8. The minimum Gasteiger partial charge on any atom is -0.473 e. The number of carboxylic acids is 2. The molecule has 29 heavy (non-hydrogen) atoms. The number of amides is 1. The third kappa shape index (κ3) is 10.4. The van der Waals surface area contributed by atoms with Crippen LogP contribution in [0.5, 0.6) is 0 Å². The van der Waals surface area contributed by atoms with Crippen LogP contribution >= 0.6 is 0 Å². The van der Waals surface area contributed by atoms with Crippen LogP contribution in [0.2, 0.25) is 0 Å². The number of ether oxygens (including phenoxy) is 1. The molecule has 1 aliphatic rings. The van der Waals surface area contributed by atoms with Crippen LogP contribution in [0.1, 0.15) is 13.3 Å². The fourth-order valence-electron chi connectivity index (χ4n) is 2.62. The van der Waals surface area contributed by atoms with Gasteiger partial charge in [-0.3, -0.25) is 9.69 Å².